The number of rotatable bonds is 3. The third kappa shape index (κ3) is 2.76. The third-order valence-electron chi connectivity index (χ3n) is 3.26. The Hall–Kier alpha value is -2.53. The molecule has 3 rings (SSSR count). The van der Waals surface area contributed by atoms with E-state index in [0.29, 0.717) is 11.3 Å². The average molecular weight is 314 g/mol. The summed E-state index contributed by atoms with van der Waals surface area (Å²) < 4.78 is 19.7. The second-order valence-corrected chi connectivity index (χ2v) is 5.51. The van der Waals surface area contributed by atoms with Crippen molar-refractivity contribution >= 4 is 17.2 Å². The molecule has 3 aromatic rings. The lowest BCUT2D eigenvalue weighted by molar-refractivity contribution is -0.553. The Balaban J connectivity index is 1.96. The standard InChI is InChI=1S/C17H13FNO2S/c1-21-15-8-4-12(5-9-15)16(20)19-10-11-22-17(19)13-2-6-14(18)7-3-13/h2-11H,1H3/q+1. The zero-order valence-electron chi connectivity index (χ0n) is 11.8. The highest BCUT2D eigenvalue weighted by atomic mass is 32.1. The van der Waals surface area contributed by atoms with Crippen LogP contribution in [0.1, 0.15) is 10.4 Å². The van der Waals surface area contributed by atoms with E-state index < -0.39 is 0 Å². The number of hydrogen-bond donors (Lipinski definition) is 0. The summed E-state index contributed by atoms with van der Waals surface area (Å²) in [7, 11) is 1.58. The fraction of sp³-hybridized carbons (Fsp3) is 0.0588. The molecule has 0 amide bonds. The molecule has 110 valence electrons. The zero-order chi connectivity index (χ0) is 15.5. The van der Waals surface area contributed by atoms with E-state index in [1.54, 1.807) is 54.3 Å². The van der Waals surface area contributed by atoms with E-state index >= 15 is 0 Å². The number of methoxy groups -OCH3 is 1. The minimum Gasteiger partial charge on any atom is -0.497 e. The summed E-state index contributed by atoms with van der Waals surface area (Å²) in [6.07, 6.45) is 1.72. The van der Waals surface area contributed by atoms with Gasteiger partial charge >= 0.3 is 5.91 Å². The van der Waals surface area contributed by atoms with Gasteiger partial charge in [-0.3, -0.25) is 0 Å². The molecule has 0 aliphatic carbocycles. The van der Waals surface area contributed by atoms with Crippen molar-refractivity contribution in [1.82, 2.24) is 0 Å². The lowest BCUT2D eigenvalue weighted by Crippen LogP contribution is -2.42. The van der Waals surface area contributed by atoms with Gasteiger partial charge in [-0.2, -0.15) is 0 Å². The summed E-state index contributed by atoms with van der Waals surface area (Å²) in [5, 5.41) is 2.60. The molecule has 3 nitrogen and oxygen atoms in total. The summed E-state index contributed by atoms with van der Waals surface area (Å²) in [5.41, 5.74) is 1.37. The number of thiazole rings is 1. The summed E-state index contributed by atoms with van der Waals surface area (Å²) in [4.78, 5) is 12.6. The van der Waals surface area contributed by atoms with Crippen molar-refractivity contribution in [3.63, 3.8) is 0 Å². The molecule has 2 aromatic carbocycles. The van der Waals surface area contributed by atoms with Crippen molar-refractivity contribution in [3.8, 4) is 16.3 Å². The predicted octanol–water partition coefficient (Wildman–Crippen LogP) is 3.54. The van der Waals surface area contributed by atoms with E-state index in [9.17, 15) is 9.18 Å². The first-order chi connectivity index (χ1) is 10.7. The topological polar surface area (TPSA) is 30.2 Å². The largest absolute Gasteiger partial charge is 0.497 e. The number of carbonyl (C=O) groups is 1. The molecule has 0 saturated heterocycles. The van der Waals surface area contributed by atoms with Crippen LogP contribution in [-0.4, -0.2) is 13.0 Å². The lowest BCUT2D eigenvalue weighted by Gasteiger charge is -2.00. The highest BCUT2D eigenvalue weighted by molar-refractivity contribution is 7.12. The Labute approximate surface area is 131 Å². The van der Waals surface area contributed by atoms with Crippen LogP contribution < -0.4 is 9.30 Å². The van der Waals surface area contributed by atoms with Crippen molar-refractivity contribution < 1.29 is 18.5 Å². The van der Waals surface area contributed by atoms with Crippen LogP contribution in [0.5, 0.6) is 5.75 Å². The van der Waals surface area contributed by atoms with Crippen LogP contribution in [0.2, 0.25) is 0 Å². The van der Waals surface area contributed by atoms with Crippen LogP contribution in [-0.2, 0) is 0 Å². The number of halogens is 1. The molecule has 1 aromatic heterocycles. The number of aromatic nitrogens is 1. The smallest absolute Gasteiger partial charge is 0.425 e. The predicted molar refractivity (Wildman–Crippen MR) is 82.6 cm³/mol. The maximum Gasteiger partial charge on any atom is 0.425 e. The number of ether oxygens (including phenoxy) is 1. The molecule has 0 N–H and O–H groups in total. The van der Waals surface area contributed by atoms with E-state index in [2.05, 4.69) is 0 Å². The lowest BCUT2D eigenvalue weighted by atomic mass is 10.2. The molecule has 1 heterocycles. The van der Waals surface area contributed by atoms with Gasteiger partial charge < -0.3 is 4.74 Å². The molecule has 0 aliphatic heterocycles. The molecule has 0 bridgehead atoms. The summed E-state index contributed by atoms with van der Waals surface area (Å²) in [5.74, 6) is 0.266. The van der Waals surface area contributed by atoms with E-state index in [4.69, 9.17) is 4.74 Å². The van der Waals surface area contributed by atoms with Crippen LogP contribution in [0.15, 0.2) is 60.1 Å². The molecule has 0 unspecified atom stereocenters. The first-order valence-electron chi connectivity index (χ1n) is 6.63. The molecule has 0 saturated carbocycles. The van der Waals surface area contributed by atoms with Crippen molar-refractivity contribution in [2.45, 2.75) is 0 Å². The van der Waals surface area contributed by atoms with Gasteiger partial charge in [0.1, 0.15) is 11.6 Å². The van der Waals surface area contributed by atoms with Gasteiger partial charge in [0, 0.05) is 0 Å². The van der Waals surface area contributed by atoms with Gasteiger partial charge in [-0.05, 0) is 48.5 Å². The molecular formula is C17H13FNO2S+. The second kappa shape index (κ2) is 6.07. The van der Waals surface area contributed by atoms with Gasteiger partial charge in [0.2, 0.25) is 0 Å². The quantitative estimate of drug-likeness (QED) is 0.692. The van der Waals surface area contributed by atoms with Gasteiger partial charge in [-0.1, -0.05) is 11.3 Å². The summed E-state index contributed by atoms with van der Waals surface area (Å²) in [6, 6.07) is 13.0. The Morgan fingerprint density at radius 2 is 1.77 bits per heavy atom. The van der Waals surface area contributed by atoms with Gasteiger partial charge in [-0.25, -0.2) is 9.18 Å². The molecule has 0 fully saturated rings. The van der Waals surface area contributed by atoms with Gasteiger partial charge in [0.25, 0.3) is 5.01 Å². The molecule has 22 heavy (non-hydrogen) atoms. The molecule has 0 atom stereocenters. The second-order valence-electron chi connectivity index (χ2n) is 4.62. The van der Waals surface area contributed by atoms with E-state index in [1.165, 1.54) is 23.5 Å². The Morgan fingerprint density at radius 3 is 2.41 bits per heavy atom. The highest BCUT2D eigenvalue weighted by Gasteiger charge is 2.24. The number of hydrogen-bond acceptors (Lipinski definition) is 3. The maximum absolute atomic E-state index is 13.0. The average Bonchev–Trinajstić information content (AvgIpc) is 3.04. The van der Waals surface area contributed by atoms with Crippen LogP contribution >= 0.6 is 11.3 Å². The first-order valence-corrected chi connectivity index (χ1v) is 7.51. The minimum atomic E-state index is -0.298. The van der Waals surface area contributed by atoms with E-state index in [0.717, 1.165) is 10.6 Å². The number of carbonyl (C=O) groups excluding carboxylic acids is 1. The minimum absolute atomic E-state index is 0.136. The van der Waals surface area contributed by atoms with Crippen molar-refractivity contribution in [2.75, 3.05) is 7.11 Å². The van der Waals surface area contributed by atoms with E-state index in [-0.39, 0.29) is 11.7 Å². The maximum atomic E-state index is 13.0. The van der Waals surface area contributed by atoms with Crippen LogP contribution in [0.4, 0.5) is 4.39 Å². The molecule has 0 spiro atoms. The van der Waals surface area contributed by atoms with Gasteiger partial charge in [-0.15, -0.1) is 4.57 Å². The fourth-order valence-electron chi connectivity index (χ4n) is 2.11. The van der Waals surface area contributed by atoms with Gasteiger partial charge in [0.05, 0.1) is 23.6 Å². The Kier molecular flexibility index (Phi) is 3.98. The summed E-state index contributed by atoms with van der Waals surface area (Å²) >= 11 is 1.43. The Morgan fingerprint density at radius 1 is 1.09 bits per heavy atom. The van der Waals surface area contributed by atoms with Crippen LogP contribution in [0.25, 0.3) is 10.6 Å². The fourth-order valence-corrected chi connectivity index (χ4v) is 2.95. The van der Waals surface area contributed by atoms with Gasteiger partial charge in [0.15, 0.2) is 6.20 Å². The Bertz CT molecular complexity index is 794. The van der Waals surface area contributed by atoms with Crippen molar-refractivity contribution in [1.29, 1.82) is 0 Å². The van der Waals surface area contributed by atoms with Crippen molar-refractivity contribution in [2.24, 2.45) is 0 Å². The number of nitrogens with zero attached hydrogens (tertiary/aromatic N) is 1. The first kappa shape index (κ1) is 14.4. The summed E-state index contributed by atoms with van der Waals surface area (Å²) in [6.45, 7) is 0. The van der Waals surface area contributed by atoms with Crippen LogP contribution in [0, 0.1) is 5.82 Å². The monoisotopic (exact) mass is 314 g/mol. The SMILES string of the molecule is COc1ccc(C(=O)[n+]2ccsc2-c2ccc(F)cc2)cc1. The zero-order valence-corrected chi connectivity index (χ0v) is 12.6. The molecule has 0 radical (unpaired) electrons. The third-order valence-corrected chi connectivity index (χ3v) is 4.17. The highest BCUT2D eigenvalue weighted by Crippen LogP contribution is 2.21. The van der Waals surface area contributed by atoms with Crippen molar-refractivity contribution in [3.05, 3.63) is 71.5 Å². The van der Waals surface area contributed by atoms with E-state index in [1.807, 2.05) is 5.38 Å². The van der Waals surface area contributed by atoms with Crippen LogP contribution in [0.3, 0.4) is 0 Å². The number of benzene rings is 2. The molecule has 5 heteroatoms. The molecule has 0 aliphatic rings. The normalized spacial score (nSPS) is 10.5. The molecular weight excluding hydrogens is 301 g/mol.